The van der Waals surface area contributed by atoms with Crippen molar-refractivity contribution in [1.82, 2.24) is 0 Å². The van der Waals surface area contributed by atoms with Crippen LogP contribution in [-0.4, -0.2) is 30.1 Å². The third kappa shape index (κ3) is 4.46. The molecule has 1 unspecified atom stereocenters. The lowest BCUT2D eigenvalue weighted by molar-refractivity contribution is -0.152. The summed E-state index contributed by atoms with van der Waals surface area (Å²) in [6.07, 6.45) is 2.57. The van der Waals surface area contributed by atoms with Crippen molar-refractivity contribution < 1.29 is 19.1 Å². The molecular formula is C13H22O4. The highest BCUT2D eigenvalue weighted by atomic mass is 16.6. The highest BCUT2D eigenvalue weighted by molar-refractivity contribution is 5.82. The van der Waals surface area contributed by atoms with Crippen LogP contribution >= 0.6 is 0 Å². The molecule has 98 valence electrons. The Morgan fingerprint density at radius 3 is 2.59 bits per heavy atom. The molecule has 0 bridgehead atoms. The van der Waals surface area contributed by atoms with Gasteiger partial charge in [0, 0.05) is 19.3 Å². The molecule has 0 aliphatic carbocycles. The second-order valence-electron chi connectivity index (χ2n) is 4.55. The molecular weight excluding hydrogens is 220 g/mol. The van der Waals surface area contributed by atoms with E-state index < -0.39 is 0 Å². The molecule has 3 atom stereocenters. The first-order chi connectivity index (χ1) is 8.06. The molecule has 1 aliphatic heterocycles. The molecule has 1 saturated heterocycles. The van der Waals surface area contributed by atoms with Crippen molar-refractivity contribution in [3.8, 4) is 0 Å². The third-order valence-electron chi connectivity index (χ3n) is 3.07. The first-order valence-corrected chi connectivity index (χ1v) is 6.43. The number of carbonyl (C=O) groups is 2. The van der Waals surface area contributed by atoms with Crippen LogP contribution in [0, 0.1) is 0 Å². The molecule has 0 saturated carbocycles. The van der Waals surface area contributed by atoms with Crippen molar-refractivity contribution in [2.75, 3.05) is 0 Å². The largest absolute Gasteiger partial charge is 0.459 e. The van der Waals surface area contributed by atoms with E-state index in [-0.39, 0.29) is 42.9 Å². The van der Waals surface area contributed by atoms with Crippen molar-refractivity contribution in [3.63, 3.8) is 0 Å². The summed E-state index contributed by atoms with van der Waals surface area (Å²) in [6, 6.07) is 0. The fourth-order valence-electron chi connectivity index (χ4n) is 2.05. The molecule has 1 aliphatic rings. The molecule has 0 N–H and O–H groups in total. The van der Waals surface area contributed by atoms with Gasteiger partial charge in [0.15, 0.2) is 0 Å². The van der Waals surface area contributed by atoms with Crippen molar-refractivity contribution in [2.45, 2.75) is 71.2 Å². The minimum absolute atomic E-state index is 0.0100. The summed E-state index contributed by atoms with van der Waals surface area (Å²) in [5, 5.41) is 0. The summed E-state index contributed by atoms with van der Waals surface area (Å²) in [5.74, 6) is -0.182. The van der Waals surface area contributed by atoms with Gasteiger partial charge < -0.3 is 9.47 Å². The van der Waals surface area contributed by atoms with Crippen LogP contribution in [0.1, 0.15) is 52.9 Å². The number of Topliss-reactive ketones (excluding diaryl/α,β-unsaturated/α-hetero) is 1. The fourth-order valence-corrected chi connectivity index (χ4v) is 2.05. The lowest BCUT2D eigenvalue weighted by atomic mass is 10.1. The van der Waals surface area contributed by atoms with Crippen molar-refractivity contribution in [1.29, 1.82) is 0 Å². The zero-order chi connectivity index (χ0) is 12.8. The summed E-state index contributed by atoms with van der Waals surface area (Å²) in [5.41, 5.74) is 0. The van der Waals surface area contributed by atoms with Crippen molar-refractivity contribution in [3.05, 3.63) is 0 Å². The van der Waals surface area contributed by atoms with Gasteiger partial charge in [0.05, 0.1) is 18.6 Å². The van der Waals surface area contributed by atoms with E-state index in [4.69, 9.17) is 9.47 Å². The van der Waals surface area contributed by atoms with E-state index in [9.17, 15) is 9.59 Å². The number of esters is 1. The van der Waals surface area contributed by atoms with Crippen LogP contribution in [0.3, 0.4) is 0 Å². The summed E-state index contributed by atoms with van der Waals surface area (Å²) >= 11 is 0. The topological polar surface area (TPSA) is 52.6 Å². The van der Waals surface area contributed by atoms with E-state index in [0.29, 0.717) is 6.42 Å². The van der Waals surface area contributed by atoms with Gasteiger partial charge in [0.2, 0.25) is 0 Å². The van der Waals surface area contributed by atoms with Gasteiger partial charge in [-0.25, -0.2) is 0 Å². The quantitative estimate of drug-likeness (QED) is 0.670. The van der Waals surface area contributed by atoms with Gasteiger partial charge in [-0.15, -0.1) is 0 Å². The Balaban J connectivity index is 2.32. The number of hydrogen-bond donors (Lipinski definition) is 0. The minimum atomic E-state index is -0.284. The van der Waals surface area contributed by atoms with E-state index in [2.05, 4.69) is 0 Å². The molecule has 4 heteroatoms. The molecule has 0 aromatic carbocycles. The molecule has 1 rings (SSSR count). The van der Waals surface area contributed by atoms with Crippen LogP contribution in [0.15, 0.2) is 0 Å². The SMILES string of the molecule is CCC(=O)CCC(=O)OC1C[C@H](C)O[C@@H]1CC. The number of ketones is 1. The molecule has 4 nitrogen and oxygen atoms in total. The van der Waals surface area contributed by atoms with E-state index in [1.165, 1.54) is 0 Å². The lowest BCUT2D eigenvalue weighted by Gasteiger charge is -2.17. The summed E-state index contributed by atoms with van der Waals surface area (Å²) in [6.45, 7) is 5.80. The summed E-state index contributed by atoms with van der Waals surface area (Å²) in [7, 11) is 0. The Kier molecular flexibility index (Phi) is 5.62. The van der Waals surface area contributed by atoms with Gasteiger partial charge in [0.25, 0.3) is 0 Å². The van der Waals surface area contributed by atoms with Gasteiger partial charge in [0.1, 0.15) is 11.9 Å². The van der Waals surface area contributed by atoms with Crippen LogP contribution in [0.25, 0.3) is 0 Å². The van der Waals surface area contributed by atoms with E-state index in [1.807, 2.05) is 13.8 Å². The maximum Gasteiger partial charge on any atom is 0.306 e. The standard InChI is InChI=1S/C13H22O4/c1-4-10(14)6-7-13(15)17-12-8-9(3)16-11(12)5-2/h9,11-12H,4-8H2,1-3H3/t9-,11+,12?/m0/s1. The monoisotopic (exact) mass is 242 g/mol. The summed E-state index contributed by atoms with van der Waals surface area (Å²) < 4.78 is 11.0. The number of hydrogen-bond acceptors (Lipinski definition) is 4. The van der Waals surface area contributed by atoms with Crippen LogP contribution in [0.2, 0.25) is 0 Å². The maximum atomic E-state index is 11.6. The van der Waals surface area contributed by atoms with Crippen LogP contribution in [0.5, 0.6) is 0 Å². The predicted molar refractivity (Wildman–Crippen MR) is 63.7 cm³/mol. The average Bonchev–Trinajstić information content (AvgIpc) is 2.66. The smallest absolute Gasteiger partial charge is 0.306 e. The van der Waals surface area contributed by atoms with Crippen molar-refractivity contribution >= 4 is 11.8 Å². The number of rotatable bonds is 6. The normalized spacial score (nSPS) is 28.1. The highest BCUT2D eigenvalue weighted by Gasteiger charge is 2.34. The van der Waals surface area contributed by atoms with E-state index in [1.54, 1.807) is 6.92 Å². The van der Waals surface area contributed by atoms with Gasteiger partial charge >= 0.3 is 5.97 Å². The molecule has 1 heterocycles. The molecule has 1 fully saturated rings. The van der Waals surface area contributed by atoms with E-state index >= 15 is 0 Å². The molecule has 0 radical (unpaired) electrons. The Labute approximate surface area is 103 Å². The molecule has 0 spiro atoms. The molecule has 0 aromatic rings. The van der Waals surface area contributed by atoms with Gasteiger partial charge in [-0.1, -0.05) is 13.8 Å². The third-order valence-corrected chi connectivity index (χ3v) is 3.07. The van der Waals surface area contributed by atoms with Crippen molar-refractivity contribution in [2.24, 2.45) is 0 Å². The Bertz CT molecular complexity index is 275. The Morgan fingerprint density at radius 1 is 1.29 bits per heavy atom. The first kappa shape index (κ1) is 14.2. The Hall–Kier alpha value is -0.900. The van der Waals surface area contributed by atoms with Crippen LogP contribution in [0.4, 0.5) is 0 Å². The molecule has 17 heavy (non-hydrogen) atoms. The second-order valence-corrected chi connectivity index (χ2v) is 4.55. The lowest BCUT2D eigenvalue weighted by Crippen LogP contribution is -2.26. The van der Waals surface area contributed by atoms with E-state index in [0.717, 1.165) is 12.8 Å². The second kappa shape index (κ2) is 6.74. The number of ether oxygens (including phenoxy) is 2. The predicted octanol–water partition coefficient (Wildman–Crippen LogP) is 2.24. The summed E-state index contributed by atoms with van der Waals surface area (Å²) in [4.78, 5) is 22.7. The molecule has 0 amide bonds. The minimum Gasteiger partial charge on any atom is -0.459 e. The zero-order valence-corrected chi connectivity index (χ0v) is 10.9. The fraction of sp³-hybridized carbons (Fsp3) is 0.846. The Morgan fingerprint density at radius 2 is 2.00 bits per heavy atom. The maximum absolute atomic E-state index is 11.6. The highest BCUT2D eigenvalue weighted by Crippen LogP contribution is 2.25. The van der Waals surface area contributed by atoms with Crippen LogP contribution < -0.4 is 0 Å². The molecule has 0 aromatic heterocycles. The number of carbonyl (C=O) groups excluding carboxylic acids is 2. The first-order valence-electron chi connectivity index (χ1n) is 6.43. The van der Waals surface area contributed by atoms with Gasteiger partial charge in [-0.3, -0.25) is 9.59 Å². The van der Waals surface area contributed by atoms with Gasteiger partial charge in [-0.05, 0) is 13.3 Å². The van der Waals surface area contributed by atoms with Crippen LogP contribution in [-0.2, 0) is 19.1 Å². The average molecular weight is 242 g/mol. The van der Waals surface area contributed by atoms with Gasteiger partial charge in [-0.2, -0.15) is 0 Å². The zero-order valence-electron chi connectivity index (χ0n) is 10.9.